The predicted octanol–water partition coefficient (Wildman–Crippen LogP) is 18.6. The second-order valence-corrected chi connectivity index (χ2v) is 25.4. The third-order valence-electron chi connectivity index (χ3n) is 19.2. The van der Waals surface area contributed by atoms with Crippen molar-refractivity contribution in [2.45, 2.75) is 9.79 Å². The fourth-order valence-corrected chi connectivity index (χ4v) is 16.5. The molecule has 434 valence electrons. The first-order chi connectivity index (χ1) is 46.2. The van der Waals surface area contributed by atoms with E-state index in [4.69, 9.17) is 4.74 Å². The minimum Gasteiger partial charge on any atom is -0.458 e. The number of benzene rings is 14. The molecule has 1 aromatic heterocycles. The molecule has 0 saturated heterocycles. The molecule has 93 heavy (non-hydrogen) atoms. The maximum Gasteiger partial charge on any atom is 0.256 e. The molecule has 0 amide bonds. The zero-order chi connectivity index (χ0) is 61.1. The summed E-state index contributed by atoms with van der Waals surface area (Å²) in [5, 5.41) is 2.38. The Bertz CT molecular complexity index is 5350. The molecular weight excluding hydrogens is 1150 g/mol. The third-order valence-corrected chi connectivity index (χ3v) is 20.3. The molecule has 0 bridgehead atoms. The third kappa shape index (κ3) is 8.47. The largest absolute Gasteiger partial charge is 0.458 e. The molecule has 14 aromatic carbocycles. The number of aromatic nitrogens is 1. The summed E-state index contributed by atoms with van der Waals surface area (Å²) < 4.78 is 9.89. The zero-order valence-corrected chi connectivity index (χ0v) is 51.3. The normalized spacial score (nSPS) is 12.9. The molecule has 0 N–H and O–H groups in total. The average molecular weight is 1200 g/mol. The Morgan fingerprint density at radius 2 is 0.806 bits per heavy atom. The first-order valence-electron chi connectivity index (χ1n) is 31.9. The SMILES string of the molecule is c1ccc(-c2cc3c4ccccc4n(-c4ccccc4)c3cc2N2c3cc4c(cc3B3c5ccccc5Oc5cc(N(c6ccccc6)c6ccccc6)cc2c53)B2c3ccccc3N(c3ccccc3)c3cc(N(c5ccccc5)c5ccccc5)cc(c32)S4)cc1. The maximum absolute atomic E-state index is 7.44. The van der Waals surface area contributed by atoms with Crippen LogP contribution in [0.15, 0.2) is 343 Å². The van der Waals surface area contributed by atoms with Gasteiger partial charge >= 0.3 is 0 Å². The molecule has 0 atom stereocenters. The number of anilines is 12. The smallest absolute Gasteiger partial charge is 0.256 e. The van der Waals surface area contributed by atoms with Crippen LogP contribution in [-0.2, 0) is 0 Å². The summed E-state index contributed by atoms with van der Waals surface area (Å²) in [6.07, 6.45) is 0. The Kier molecular flexibility index (Phi) is 12.3. The fourth-order valence-electron chi connectivity index (χ4n) is 15.3. The zero-order valence-electron chi connectivity index (χ0n) is 50.5. The second-order valence-electron chi connectivity index (χ2n) is 24.3. The number of nitrogens with zero attached hydrogens (tertiary/aromatic N) is 5. The van der Waals surface area contributed by atoms with Crippen LogP contribution in [0.5, 0.6) is 11.5 Å². The lowest BCUT2D eigenvalue weighted by molar-refractivity contribution is 0.487. The first kappa shape index (κ1) is 53.2. The van der Waals surface area contributed by atoms with E-state index < -0.39 is 0 Å². The quantitative estimate of drug-likeness (QED) is 0.127. The van der Waals surface area contributed by atoms with Gasteiger partial charge in [-0.05, 0) is 160 Å². The van der Waals surface area contributed by atoms with Crippen molar-refractivity contribution in [1.82, 2.24) is 4.57 Å². The topological polar surface area (TPSA) is 27.1 Å². The molecule has 0 radical (unpaired) electrons. The van der Waals surface area contributed by atoms with Gasteiger partial charge in [0.25, 0.3) is 6.71 Å². The van der Waals surface area contributed by atoms with Gasteiger partial charge < -0.3 is 28.9 Å². The molecule has 15 aromatic rings. The molecule has 4 aliphatic rings. The summed E-state index contributed by atoms with van der Waals surface area (Å²) in [5.41, 5.74) is 26.0. The van der Waals surface area contributed by atoms with Gasteiger partial charge in [-0.2, -0.15) is 0 Å². The van der Waals surface area contributed by atoms with E-state index in [1.54, 1.807) is 0 Å². The van der Waals surface area contributed by atoms with Gasteiger partial charge in [0, 0.05) is 94.8 Å². The number of hydrogen-bond donors (Lipinski definition) is 0. The molecular formula is C84H55B2N5OS. The van der Waals surface area contributed by atoms with Gasteiger partial charge in [-0.15, -0.1) is 0 Å². The maximum atomic E-state index is 7.44. The molecule has 4 aliphatic heterocycles. The predicted molar refractivity (Wildman–Crippen MR) is 391 cm³/mol. The van der Waals surface area contributed by atoms with Crippen molar-refractivity contribution in [3.05, 3.63) is 334 Å². The number of ether oxygens (including phenoxy) is 1. The Hall–Kier alpha value is -11.6. The van der Waals surface area contributed by atoms with E-state index in [-0.39, 0.29) is 13.4 Å². The van der Waals surface area contributed by atoms with Crippen molar-refractivity contribution in [1.29, 1.82) is 0 Å². The number of rotatable bonds is 10. The molecule has 9 heteroatoms. The minimum absolute atomic E-state index is 0.112. The van der Waals surface area contributed by atoms with Gasteiger partial charge in [0.15, 0.2) is 0 Å². The van der Waals surface area contributed by atoms with Crippen LogP contribution in [0.2, 0.25) is 0 Å². The van der Waals surface area contributed by atoms with Crippen LogP contribution in [0.4, 0.5) is 68.2 Å². The molecule has 0 spiro atoms. The van der Waals surface area contributed by atoms with Gasteiger partial charge in [-0.3, -0.25) is 0 Å². The van der Waals surface area contributed by atoms with E-state index in [1.165, 1.54) is 53.8 Å². The summed E-state index contributed by atoms with van der Waals surface area (Å²) in [6, 6.07) is 122. The number of fused-ring (bicyclic) bond motifs is 11. The van der Waals surface area contributed by atoms with Gasteiger partial charge in [-0.25, -0.2) is 0 Å². The summed E-state index contributed by atoms with van der Waals surface area (Å²) in [7, 11) is 0. The van der Waals surface area contributed by atoms with E-state index in [1.807, 2.05) is 11.8 Å². The fraction of sp³-hybridized carbons (Fsp3) is 0. The van der Waals surface area contributed by atoms with Crippen molar-refractivity contribution in [2.24, 2.45) is 0 Å². The van der Waals surface area contributed by atoms with Crippen molar-refractivity contribution < 1.29 is 4.74 Å². The highest BCUT2D eigenvalue weighted by molar-refractivity contribution is 8.00. The first-order valence-corrected chi connectivity index (χ1v) is 32.7. The van der Waals surface area contributed by atoms with Crippen LogP contribution >= 0.6 is 11.8 Å². The molecule has 0 aliphatic carbocycles. The van der Waals surface area contributed by atoms with Crippen molar-refractivity contribution in [2.75, 3.05) is 19.6 Å². The molecule has 0 unspecified atom stereocenters. The van der Waals surface area contributed by atoms with E-state index in [2.05, 4.69) is 358 Å². The molecule has 5 heterocycles. The highest BCUT2D eigenvalue weighted by atomic mass is 32.2. The van der Waals surface area contributed by atoms with E-state index in [0.717, 1.165) is 107 Å². The lowest BCUT2D eigenvalue weighted by Crippen LogP contribution is -2.63. The van der Waals surface area contributed by atoms with Gasteiger partial charge in [0.2, 0.25) is 6.71 Å². The van der Waals surface area contributed by atoms with Crippen LogP contribution in [0, 0.1) is 0 Å². The van der Waals surface area contributed by atoms with Crippen molar-refractivity contribution in [3.63, 3.8) is 0 Å². The van der Waals surface area contributed by atoms with Crippen LogP contribution in [0.1, 0.15) is 0 Å². The van der Waals surface area contributed by atoms with Crippen LogP contribution in [0.3, 0.4) is 0 Å². The standard InChI is InChI=1S/C84H55B2N5OS/c1-8-28-56(29-9-1)66-52-67-65-42-22-25-45-72(65)89(61-38-18-6-19-39-61)75(67)54-74(66)91-76-55-81-71(53-70(76)86-69-44-24-27-47-79(69)92-80-50-63(48-77(91)83(80)86)87(57-30-10-2-11-31-57)58-32-12-3-13-33-58)85-68-43-23-26-46-73(68)90(62-40-20-7-21-41-62)78-49-64(51-82(93-81)84(78)85)88(59-34-14-4-15-35-59)60-36-16-5-17-37-60/h1-55H. The molecule has 6 nitrogen and oxygen atoms in total. The number of hydrogen-bond acceptors (Lipinski definition) is 6. The minimum atomic E-state index is -0.203. The van der Waals surface area contributed by atoms with Gasteiger partial charge in [-0.1, -0.05) is 217 Å². The lowest BCUT2D eigenvalue weighted by atomic mass is 9.31. The Morgan fingerprint density at radius 3 is 1.45 bits per heavy atom. The Morgan fingerprint density at radius 1 is 0.290 bits per heavy atom. The second kappa shape index (κ2) is 21.5. The highest BCUT2D eigenvalue weighted by Gasteiger charge is 2.47. The van der Waals surface area contributed by atoms with Crippen molar-refractivity contribution in [3.8, 4) is 28.3 Å². The van der Waals surface area contributed by atoms with Crippen LogP contribution < -0.4 is 57.1 Å². The summed E-state index contributed by atoms with van der Waals surface area (Å²) >= 11 is 1.90. The Balaban J connectivity index is 0.931. The molecule has 19 rings (SSSR count). The average Bonchev–Trinajstić information content (AvgIpc) is 1.71. The monoisotopic (exact) mass is 1200 g/mol. The Labute approximate surface area is 545 Å². The number of para-hydroxylation sites is 9. The molecule has 0 fully saturated rings. The lowest BCUT2D eigenvalue weighted by Gasteiger charge is -2.44. The van der Waals surface area contributed by atoms with Crippen LogP contribution in [0.25, 0.3) is 38.6 Å². The van der Waals surface area contributed by atoms with Gasteiger partial charge in [0.05, 0.1) is 22.4 Å². The van der Waals surface area contributed by atoms with Crippen LogP contribution in [-0.4, -0.2) is 18.0 Å². The highest BCUT2D eigenvalue weighted by Crippen LogP contribution is 2.52. The summed E-state index contributed by atoms with van der Waals surface area (Å²) in [5.74, 6) is 1.69. The summed E-state index contributed by atoms with van der Waals surface area (Å²) in [4.78, 5) is 12.3. The van der Waals surface area contributed by atoms with Crippen molar-refractivity contribution >= 4 is 148 Å². The summed E-state index contributed by atoms with van der Waals surface area (Å²) in [6.45, 7) is -0.316. The van der Waals surface area contributed by atoms with E-state index >= 15 is 0 Å². The van der Waals surface area contributed by atoms with E-state index in [0.29, 0.717) is 0 Å². The van der Waals surface area contributed by atoms with E-state index in [9.17, 15) is 0 Å². The van der Waals surface area contributed by atoms with Gasteiger partial charge in [0.1, 0.15) is 11.5 Å². The molecule has 0 saturated carbocycles.